The Balaban J connectivity index is 1.61. The van der Waals surface area contributed by atoms with Gasteiger partial charge in [0.25, 0.3) is 0 Å². The fourth-order valence-electron chi connectivity index (χ4n) is 2.72. The molecule has 0 unspecified atom stereocenters. The molecule has 3 nitrogen and oxygen atoms in total. The first-order valence-corrected chi connectivity index (χ1v) is 7.15. The zero-order chi connectivity index (χ0) is 15.5. The van der Waals surface area contributed by atoms with Crippen LogP contribution >= 0.6 is 0 Å². The molecule has 2 aromatic carbocycles. The van der Waals surface area contributed by atoms with Crippen molar-refractivity contribution < 1.29 is 13.6 Å². The lowest BCUT2D eigenvalue weighted by Crippen LogP contribution is -2.37. The summed E-state index contributed by atoms with van der Waals surface area (Å²) >= 11 is 0. The van der Waals surface area contributed by atoms with Crippen molar-refractivity contribution >= 4 is 11.6 Å². The second kappa shape index (κ2) is 6.23. The van der Waals surface area contributed by atoms with Crippen LogP contribution in [0.5, 0.6) is 0 Å². The minimum atomic E-state index is -0.706. The number of hydrogen-bond acceptors (Lipinski definition) is 2. The number of anilines is 1. The van der Waals surface area contributed by atoms with E-state index in [-0.39, 0.29) is 18.1 Å². The molecule has 1 amide bonds. The van der Waals surface area contributed by atoms with Gasteiger partial charge in [0.2, 0.25) is 5.91 Å². The van der Waals surface area contributed by atoms with E-state index in [9.17, 15) is 13.6 Å². The van der Waals surface area contributed by atoms with E-state index in [1.807, 2.05) is 17.0 Å². The Bertz CT molecular complexity index is 683. The first-order chi connectivity index (χ1) is 10.6. The highest BCUT2D eigenvalue weighted by Crippen LogP contribution is 2.18. The van der Waals surface area contributed by atoms with Crippen LogP contribution < -0.4 is 5.32 Å². The van der Waals surface area contributed by atoms with Gasteiger partial charge in [-0.15, -0.1) is 0 Å². The Labute approximate surface area is 127 Å². The van der Waals surface area contributed by atoms with Gasteiger partial charge in [0.05, 0.1) is 6.54 Å². The Morgan fingerprint density at radius 1 is 1.09 bits per heavy atom. The lowest BCUT2D eigenvalue weighted by Gasteiger charge is -2.28. The van der Waals surface area contributed by atoms with Gasteiger partial charge in [-0.05, 0) is 29.7 Å². The molecule has 22 heavy (non-hydrogen) atoms. The van der Waals surface area contributed by atoms with Gasteiger partial charge < -0.3 is 5.32 Å². The van der Waals surface area contributed by atoms with Gasteiger partial charge >= 0.3 is 0 Å². The van der Waals surface area contributed by atoms with Crippen LogP contribution in [0.4, 0.5) is 14.5 Å². The van der Waals surface area contributed by atoms with Gasteiger partial charge in [-0.25, -0.2) is 8.78 Å². The van der Waals surface area contributed by atoms with Crippen LogP contribution in [0.15, 0.2) is 42.5 Å². The molecule has 0 radical (unpaired) electrons. The highest BCUT2D eigenvalue weighted by molar-refractivity contribution is 5.92. The van der Waals surface area contributed by atoms with Crippen molar-refractivity contribution in [2.45, 2.75) is 13.0 Å². The fraction of sp³-hybridized carbons (Fsp3) is 0.235. The SMILES string of the molecule is O=C(CN1CCc2ccccc2C1)Nc1cc(F)cc(F)c1. The average Bonchev–Trinajstić information content (AvgIpc) is 2.45. The summed E-state index contributed by atoms with van der Waals surface area (Å²) in [6.07, 6.45) is 0.901. The van der Waals surface area contributed by atoms with Crippen LogP contribution in [0.1, 0.15) is 11.1 Å². The molecular weight excluding hydrogens is 286 g/mol. The van der Waals surface area contributed by atoms with E-state index in [0.29, 0.717) is 6.54 Å². The summed E-state index contributed by atoms with van der Waals surface area (Å²) in [5.41, 5.74) is 2.67. The van der Waals surface area contributed by atoms with Gasteiger partial charge in [-0.3, -0.25) is 9.69 Å². The van der Waals surface area contributed by atoms with E-state index in [4.69, 9.17) is 0 Å². The van der Waals surface area contributed by atoms with E-state index in [0.717, 1.165) is 31.2 Å². The Hall–Kier alpha value is -2.27. The monoisotopic (exact) mass is 302 g/mol. The maximum atomic E-state index is 13.1. The third kappa shape index (κ3) is 3.49. The Morgan fingerprint density at radius 2 is 1.77 bits per heavy atom. The van der Waals surface area contributed by atoms with Crippen molar-refractivity contribution in [3.8, 4) is 0 Å². The summed E-state index contributed by atoms with van der Waals surface area (Å²) < 4.78 is 26.2. The molecule has 1 heterocycles. The molecule has 5 heteroatoms. The van der Waals surface area contributed by atoms with Gasteiger partial charge in [0.15, 0.2) is 0 Å². The van der Waals surface area contributed by atoms with Crippen LogP contribution in [-0.4, -0.2) is 23.9 Å². The van der Waals surface area contributed by atoms with E-state index >= 15 is 0 Å². The molecule has 114 valence electrons. The molecular formula is C17H16F2N2O. The molecule has 0 spiro atoms. The summed E-state index contributed by atoms with van der Waals surface area (Å²) in [4.78, 5) is 14.0. The highest BCUT2D eigenvalue weighted by atomic mass is 19.1. The molecule has 3 rings (SSSR count). The predicted octanol–water partition coefficient (Wildman–Crippen LogP) is 2.96. The topological polar surface area (TPSA) is 32.3 Å². The molecule has 0 aromatic heterocycles. The van der Waals surface area contributed by atoms with Crippen LogP contribution in [0.25, 0.3) is 0 Å². The molecule has 0 saturated heterocycles. The van der Waals surface area contributed by atoms with Crippen molar-refractivity contribution in [2.24, 2.45) is 0 Å². The third-order valence-corrected chi connectivity index (χ3v) is 3.72. The summed E-state index contributed by atoms with van der Waals surface area (Å²) in [7, 11) is 0. The zero-order valence-electron chi connectivity index (χ0n) is 12.0. The van der Waals surface area contributed by atoms with Crippen molar-refractivity contribution in [1.82, 2.24) is 4.90 Å². The molecule has 0 fully saturated rings. The number of nitrogens with one attached hydrogen (secondary N) is 1. The van der Waals surface area contributed by atoms with E-state index in [1.165, 1.54) is 11.1 Å². The molecule has 0 aliphatic carbocycles. The number of rotatable bonds is 3. The molecule has 0 bridgehead atoms. The standard InChI is InChI=1S/C17H16F2N2O/c18-14-7-15(19)9-16(8-14)20-17(22)11-21-6-5-12-3-1-2-4-13(12)10-21/h1-4,7-9H,5-6,10-11H2,(H,20,22). The summed E-state index contributed by atoms with van der Waals surface area (Å²) in [5, 5.41) is 2.53. The maximum absolute atomic E-state index is 13.1. The summed E-state index contributed by atoms with van der Waals surface area (Å²) in [6.45, 7) is 1.70. The number of benzene rings is 2. The summed E-state index contributed by atoms with van der Waals surface area (Å²) in [6, 6.07) is 11.1. The number of hydrogen-bond donors (Lipinski definition) is 1. The quantitative estimate of drug-likeness (QED) is 0.945. The molecule has 1 aliphatic heterocycles. The van der Waals surface area contributed by atoms with Crippen LogP contribution in [0.3, 0.4) is 0 Å². The predicted molar refractivity (Wildman–Crippen MR) is 80.4 cm³/mol. The normalized spacial score (nSPS) is 14.5. The Kier molecular flexibility index (Phi) is 4.15. The van der Waals surface area contributed by atoms with E-state index in [1.54, 1.807) is 0 Å². The number of nitrogens with zero attached hydrogens (tertiary/aromatic N) is 1. The number of halogens is 2. The minimum Gasteiger partial charge on any atom is -0.325 e. The number of amides is 1. The first-order valence-electron chi connectivity index (χ1n) is 7.15. The molecule has 2 aromatic rings. The zero-order valence-corrected chi connectivity index (χ0v) is 12.0. The molecule has 1 aliphatic rings. The van der Waals surface area contributed by atoms with Crippen molar-refractivity contribution in [2.75, 3.05) is 18.4 Å². The highest BCUT2D eigenvalue weighted by Gasteiger charge is 2.18. The van der Waals surface area contributed by atoms with Crippen molar-refractivity contribution in [1.29, 1.82) is 0 Å². The lowest BCUT2D eigenvalue weighted by atomic mass is 10.00. The molecule has 0 atom stereocenters. The van der Waals surface area contributed by atoms with Crippen molar-refractivity contribution in [3.63, 3.8) is 0 Å². The van der Waals surface area contributed by atoms with E-state index < -0.39 is 11.6 Å². The Morgan fingerprint density at radius 3 is 2.50 bits per heavy atom. The van der Waals surface area contributed by atoms with Gasteiger partial charge in [-0.1, -0.05) is 24.3 Å². The lowest BCUT2D eigenvalue weighted by molar-refractivity contribution is -0.117. The number of carbonyl (C=O) groups is 1. The minimum absolute atomic E-state index is 0.139. The fourth-order valence-corrected chi connectivity index (χ4v) is 2.72. The average molecular weight is 302 g/mol. The van der Waals surface area contributed by atoms with Gasteiger partial charge in [0.1, 0.15) is 11.6 Å². The largest absolute Gasteiger partial charge is 0.325 e. The van der Waals surface area contributed by atoms with Crippen LogP contribution in [0, 0.1) is 11.6 Å². The van der Waals surface area contributed by atoms with E-state index in [2.05, 4.69) is 17.4 Å². The molecule has 0 saturated carbocycles. The van der Waals surface area contributed by atoms with Gasteiger partial charge in [-0.2, -0.15) is 0 Å². The van der Waals surface area contributed by atoms with Crippen LogP contribution in [-0.2, 0) is 17.8 Å². The van der Waals surface area contributed by atoms with Gasteiger partial charge in [0, 0.05) is 24.8 Å². The first kappa shape index (κ1) is 14.7. The second-order valence-corrected chi connectivity index (χ2v) is 5.44. The third-order valence-electron chi connectivity index (χ3n) is 3.72. The summed E-state index contributed by atoms with van der Waals surface area (Å²) in [5.74, 6) is -1.69. The smallest absolute Gasteiger partial charge is 0.238 e. The number of carbonyl (C=O) groups excluding carboxylic acids is 1. The maximum Gasteiger partial charge on any atom is 0.238 e. The number of fused-ring (bicyclic) bond motifs is 1. The molecule has 1 N–H and O–H groups in total. The van der Waals surface area contributed by atoms with Crippen molar-refractivity contribution in [3.05, 3.63) is 65.2 Å². The second-order valence-electron chi connectivity index (χ2n) is 5.44. The van der Waals surface area contributed by atoms with Crippen LogP contribution in [0.2, 0.25) is 0 Å².